The van der Waals surface area contributed by atoms with Gasteiger partial charge in [0.2, 0.25) is 0 Å². The molecule has 0 bridgehead atoms. The first-order valence-electron chi connectivity index (χ1n) is 19.4. The number of hydrogen-bond donors (Lipinski definition) is 0. The zero-order valence-corrected chi connectivity index (χ0v) is 34.6. The Balaban J connectivity index is 1.03. The van der Waals surface area contributed by atoms with Gasteiger partial charge in [0.05, 0.1) is 0 Å². The second kappa shape index (κ2) is 14.8. The fourth-order valence-corrected chi connectivity index (χ4v) is 10.1. The Morgan fingerprint density at radius 3 is 1.80 bits per heavy atom. The molecule has 0 aliphatic heterocycles. The quantitative estimate of drug-likeness (QED) is 0.152. The van der Waals surface area contributed by atoms with Gasteiger partial charge in [0, 0.05) is 16.6 Å². The number of fused-ring (bicyclic) bond motifs is 4. The van der Waals surface area contributed by atoms with Gasteiger partial charge in [-0.2, -0.15) is 0 Å². The molecular weight excluding hydrogens is 924 g/mol. The van der Waals surface area contributed by atoms with E-state index in [-0.39, 0.29) is 0 Å². The minimum atomic E-state index is 0.748. The van der Waals surface area contributed by atoms with Gasteiger partial charge in [-0.3, -0.25) is 0 Å². The second-order valence-corrected chi connectivity index (χ2v) is 16.3. The van der Waals surface area contributed by atoms with Crippen LogP contribution in [0, 0.1) is 3.80 Å². The average Bonchev–Trinajstić information content (AvgIpc) is 4.02. The van der Waals surface area contributed by atoms with Crippen molar-refractivity contribution >= 4 is 44.2 Å². The molecule has 284 valence electrons. The molecule has 0 spiro atoms. The maximum absolute atomic E-state index is 6.75. The first-order valence-corrected chi connectivity index (χ1v) is 21.5. The van der Waals surface area contributed by atoms with E-state index in [2.05, 4.69) is 226 Å². The van der Waals surface area contributed by atoms with E-state index in [1.807, 2.05) is 12.3 Å². The Morgan fingerprint density at radius 1 is 0.458 bits per heavy atom. The number of thiophene rings is 1. The second-order valence-electron chi connectivity index (χ2n) is 14.3. The number of aromatic nitrogens is 4. The molecule has 0 N–H and O–H groups in total. The molecule has 0 amide bonds. The summed E-state index contributed by atoms with van der Waals surface area (Å²) in [6.07, 6.45) is 1.96. The first kappa shape index (κ1) is 35.3. The number of imidazole rings is 1. The number of para-hydroxylation sites is 4. The van der Waals surface area contributed by atoms with Crippen molar-refractivity contribution in [3.8, 4) is 61.4 Å². The van der Waals surface area contributed by atoms with E-state index in [9.17, 15) is 0 Å². The van der Waals surface area contributed by atoms with E-state index in [0.29, 0.717) is 0 Å². The van der Waals surface area contributed by atoms with Crippen molar-refractivity contribution in [3.63, 3.8) is 0 Å². The zero-order valence-electron chi connectivity index (χ0n) is 31.6. The van der Waals surface area contributed by atoms with Gasteiger partial charge in [-0.05, 0) is 17.5 Å². The molecule has 7 aromatic carbocycles. The van der Waals surface area contributed by atoms with Crippen molar-refractivity contribution in [2.45, 2.75) is 0 Å². The Bertz CT molecular complexity index is 3310. The summed E-state index contributed by atoms with van der Waals surface area (Å²) in [5, 5.41) is 4.42. The molecule has 0 aliphatic carbocycles. The molecule has 11 rings (SSSR count). The van der Waals surface area contributed by atoms with Gasteiger partial charge >= 0.3 is 294 Å². The summed E-state index contributed by atoms with van der Waals surface area (Å²) in [6.45, 7) is 0. The number of pyridine rings is 1. The van der Waals surface area contributed by atoms with Crippen molar-refractivity contribution in [1.82, 2.24) is 18.7 Å². The fourth-order valence-electron chi connectivity index (χ4n) is 8.25. The normalized spacial score (nSPS) is 11.5. The van der Waals surface area contributed by atoms with Crippen molar-refractivity contribution in [3.05, 3.63) is 210 Å². The summed E-state index contributed by atoms with van der Waals surface area (Å²) in [5.41, 5.74) is 12.3. The van der Waals surface area contributed by atoms with Crippen LogP contribution in [0.3, 0.4) is 0 Å². The van der Waals surface area contributed by atoms with Gasteiger partial charge in [0.25, 0.3) is 0 Å². The van der Waals surface area contributed by atoms with Crippen LogP contribution in [0.1, 0.15) is 0 Å². The van der Waals surface area contributed by atoms with Gasteiger partial charge < -0.3 is 0 Å². The van der Waals surface area contributed by atoms with Crippen LogP contribution in [0.5, 0.6) is 11.5 Å². The van der Waals surface area contributed by atoms with Crippen LogP contribution in [-0.2, 0) is 19.4 Å². The van der Waals surface area contributed by atoms with Gasteiger partial charge in [0.15, 0.2) is 0 Å². The Labute approximate surface area is 355 Å². The number of rotatable bonds is 8. The standard InChI is InChI=1S/C52H34N4OS.Pt/c1-3-14-36(15-4-1)42-21-12-22-43(37-16-5-2-6-17-37)52(42)55-35-54(47-24-9-10-25-48(47)55)39-18-11-19-40(32-39)57-41-28-29-45-44-20-7-8-23-46(44)56(49(45)33-41)51-30-27-38(34-53-51)50-26-13-31-58-50;/h1-34H;. The molecule has 7 heteroatoms. The van der Waals surface area contributed by atoms with E-state index in [1.54, 1.807) is 11.3 Å². The molecule has 11 aromatic rings. The number of hydrogen-bond acceptors (Lipinski definition) is 3. The predicted molar refractivity (Wildman–Crippen MR) is 239 cm³/mol. The van der Waals surface area contributed by atoms with E-state index < -0.39 is 0 Å². The van der Waals surface area contributed by atoms with E-state index in [0.717, 1.165) is 76.6 Å². The average molecular weight is 958 g/mol. The molecule has 0 aliphatic rings. The summed E-state index contributed by atoms with van der Waals surface area (Å²) < 4.78 is 14.8. The summed E-state index contributed by atoms with van der Waals surface area (Å²) in [4.78, 5) is 6.17. The Morgan fingerprint density at radius 2 is 1.10 bits per heavy atom. The Hall–Kier alpha value is -6.85. The van der Waals surface area contributed by atoms with Crippen LogP contribution in [0.15, 0.2) is 206 Å². The molecule has 4 aromatic heterocycles. The molecule has 0 saturated heterocycles. The summed E-state index contributed by atoms with van der Waals surface area (Å²) in [7, 11) is 0. The van der Waals surface area contributed by atoms with Crippen LogP contribution < -0.4 is 4.74 Å². The van der Waals surface area contributed by atoms with Crippen molar-refractivity contribution in [2.75, 3.05) is 0 Å². The number of benzene rings is 7. The molecule has 0 atom stereocenters. The fraction of sp³-hybridized carbons (Fsp3) is 0. The van der Waals surface area contributed by atoms with Crippen molar-refractivity contribution in [1.29, 1.82) is 0 Å². The van der Waals surface area contributed by atoms with Crippen LogP contribution >= 0.6 is 11.3 Å². The molecule has 4 heterocycles. The minimum absolute atomic E-state index is 0.748. The number of nitrogens with zero attached hydrogens (tertiary/aromatic N) is 4. The van der Waals surface area contributed by atoms with Gasteiger partial charge in [-0.25, -0.2) is 0 Å². The SMILES string of the molecule is [Pt]=[c]1n(-c2cccc(Oc3ccc4c5ccccc5n(-c5ccc(-c6cccs6)cn5)c4c3)c2)c2ccccc2n1-c1c(-c2ccccc2)cccc1-c1ccccc1. The monoisotopic (exact) mass is 957 g/mol. The molecule has 59 heavy (non-hydrogen) atoms. The van der Waals surface area contributed by atoms with Crippen LogP contribution in [-0.4, -0.2) is 18.7 Å². The van der Waals surface area contributed by atoms with E-state index in [4.69, 9.17) is 9.72 Å². The third-order valence-electron chi connectivity index (χ3n) is 10.9. The third-order valence-corrected chi connectivity index (χ3v) is 12.8. The van der Waals surface area contributed by atoms with E-state index >= 15 is 0 Å². The first-order chi connectivity index (χ1) is 29.2. The van der Waals surface area contributed by atoms with E-state index in [1.165, 1.54) is 21.4 Å². The van der Waals surface area contributed by atoms with Crippen molar-refractivity contribution in [2.24, 2.45) is 0 Å². The molecule has 0 fully saturated rings. The van der Waals surface area contributed by atoms with Crippen LogP contribution in [0.25, 0.3) is 82.7 Å². The van der Waals surface area contributed by atoms with Gasteiger partial charge in [-0.15, -0.1) is 11.3 Å². The molecule has 0 saturated carbocycles. The van der Waals surface area contributed by atoms with Crippen LogP contribution in [0.4, 0.5) is 0 Å². The summed E-state index contributed by atoms with van der Waals surface area (Å²) >= 11 is 4.21. The predicted octanol–water partition coefficient (Wildman–Crippen LogP) is 13.8. The maximum atomic E-state index is 6.75. The van der Waals surface area contributed by atoms with Crippen LogP contribution in [0.2, 0.25) is 0 Å². The molecular formula is C52H34N4OPtS. The van der Waals surface area contributed by atoms with Gasteiger partial charge in [-0.1, -0.05) is 18.2 Å². The van der Waals surface area contributed by atoms with Crippen molar-refractivity contribution < 1.29 is 24.1 Å². The molecule has 5 nitrogen and oxygen atoms in total. The molecule has 0 unspecified atom stereocenters. The topological polar surface area (TPSA) is 36.9 Å². The molecule has 0 radical (unpaired) electrons. The number of ether oxygens (including phenoxy) is 1. The van der Waals surface area contributed by atoms with Gasteiger partial charge in [0.1, 0.15) is 0 Å². The Kier molecular flexibility index (Phi) is 8.88. The third kappa shape index (κ3) is 6.20. The zero-order chi connectivity index (χ0) is 39.3. The summed E-state index contributed by atoms with van der Waals surface area (Å²) in [6, 6.07) is 68.3. The summed E-state index contributed by atoms with van der Waals surface area (Å²) in [5.74, 6) is 2.36.